The third kappa shape index (κ3) is 2.82. The number of likely N-dealkylation sites (tertiary alicyclic amines) is 1. The summed E-state index contributed by atoms with van der Waals surface area (Å²) in [5.74, 6) is 1.21. The molecule has 0 spiro atoms. The molecule has 5 heteroatoms. The smallest absolute Gasteiger partial charge is 0.222 e. The van der Waals surface area contributed by atoms with E-state index in [2.05, 4.69) is 22.2 Å². The number of amides is 1. The first-order chi connectivity index (χ1) is 7.75. The molecule has 1 fully saturated rings. The van der Waals surface area contributed by atoms with E-state index in [1.54, 1.807) is 6.20 Å². The average molecular weight is 222 g/mol. The largest absolute Gasteiger partial charge is 0.348 e. The number of hydrogen-bond acceptors (Lipinski definition) is 3. The fourth-order valence-corrected chi connectivity index (χ4v) is 1.96. The molecule has 16 heavy (non-hydrogen) atoms. The lowest BCUT2D eigenvalue weighted by Crippen LogP contribution is -2.39. The normalized spacial score (nSPS) is 18.1. The summed E-state index contributed by atoms with van der Waals surface area (Å²) in [6, 6.07) is 0.298. The number of carbonyl (C=O) groups is 1. The number of aromatic nitrogens is 2. The maximum absolute atomic E-state index is 11.4. The third-order valence-corrected chi connectivity index (χ3v) is 2.84. The summed E-state index contributed by atoms with van der Waals surface area (Å²) in [6.45, 7) is 4.51. The fraction of sp³-hybridized carbons (Fsp3) is 0.636. The van der Waals surface area contributed by atoms with E-state index in [1.807, 2.05) is 11.1 Å². The highest BCUT2D eigenvalue weighted by molar-refractivity contribution is 5.78. The zero-order valence-corrected chi connectivity index (χ0v) is 9.57. The van der Waals surface area contributed by atoms with Crippen LogP contribution in [0.15, 0.2) is 12.4 Å². The Labute approximate surface area is 95.2 Å². The van der Waals surface area contributed by atoms with Crippen molar-refractivity contribution in [3.8, 4) is 0 Å². The molecule has 1 amide bonds. The van der Waals surface area contributed by atoms with Gasteiger partial charge in [-0.05, 0) is 13.3 Å². The number of carbonyl (C=O) groups excluding carboxylic acids is 1. The van der Waals surface area contributed by atoms with Crippen molar-refractivity contribution in [2.75, 3.05) is 13.1 Å². The molecule has 1 aromatic heterocycles. The molecule has 0 aliphatic carbocycles. The molecule has 1 atom stereocenters. The van der Waals surface area contributed by atoms with Crippen molar-refractivity contribution in [2.45, 2.75) is 32.4 Å². The Morgan fingerprint density at radius 1 is 1.69 bits per heavy atom. The minimum atomic E-state index is 0.284. The van der Waals surface area contributed by atoms with Crippen molar-refractivity contribution in [3.63, 3.8) is 0 Å². The molecule has 0 bridgehead atoms. The minimum absolute atomic E-state index is 0.284. The van der Waals surface area contributed by atoms with Gasteiger partial charge in [-0.1, -0.05) is 0 Å². The van der Waals surface area contributed by atoms with Crippen LogP contribution in [-0.2, 0) is 11.3 Å². The van der Waals surface area contributed by atoms with Gasteiger partial charge in [0.1, 0.15) is 5.82 Å². The van der Waals surface area contributed by atoms with Gasteiger partial charge in [0.2, 0.25) is 5.91 Å². The molecule has 0 radical (unpaired) electrons. The number of H-pyrrole nitrogens is 1. The zero-order valence-electron chi connectivity index (χ0n) is 9.57. The minimum Gasteiger partial charge on any atom is -0.348 e. The lowest BCUT2D eigenvalue weighted by Gasteiger charge is -2.21. The summed E-state index contributed by atoms with van der Waals surface area (Å²) in [6.07, 6.45) is 5.27. The SMILES string of the molecule is CC(CN1CCCC1=O)NCc1ncc[nH]1. The first-order valence-corrected chi connectivity index (χ1v) is 5.75. The maximum atomic E-state index is 11.4. The van der Waals surface area contributed by atoms with Gasteiger partial charge in [-0.15, -0.1) is 0 Å². The molecule has 2 rings (SSSR count). The summed E-state index contributed by atoms with van der Waals surface area (Å²) >= 11 is 0. The van der Waals surface area contributed by atoms with Gasteiger partial charge >= 0.3 is 0 Å². The predicted octanol–water partition coefficient (Wildman–Crippen LogP) is 0.510. The monoisotopic (exact) mass is 222 g/mol. The van der Waals surface area contributed by atoms with E-state index >= 15 is 0 Å². The zero-order chi connectivity index (χ0) is 11.4. The van der Waals surface area contributed by atoms with Gasteiger partial charge in [0.25, 0.3) is 0 Å². The third-order valence-electron chi connectivity index (χ3n) is 2.84. The van der Waals surface area contributed by atoms with Gasteiger partial charge in [-0.25, -0.2) is 4.98 Å². The van der Waals surface area contributed by atoms with Crippen LogP contribution < -0.4 is 5.32 Å². The standard InChI is InChI=1S/C11H18N4O/c1-9(8-15-6-2-3-11(15)16)14-7-10-12-4-5-13-10/h4-5,9,14H,2-3,6-8H2,1H3,(H,12,13). The maximum Gasteiger partial charge on any atom is 0.222 e. The van der Waals surface area contributed by atoms with Crippen LogP contribution in [-0.4, -0.2) is 39.9 Å². The molecule has 1 aliphatic rings. The van der Waals surface area contributed by atoms with Gasteiger partial charge in [-0.3, -0.25) is 4.79 Å². The number of imidazole rings is 1. The Balaban J connectivity index is 1.72. The lowest BCUT2D eigenvalue weighted by molar-refractivity contribution is -0.127. The van der Waals surface area contributed by atoms with Crippen molar-refractivity contribution in [1.29, 1.82) is 0 Å². The molecule has 1 aromatic rings. The number of rotatable bonds is 5. The average Bonchev–Trinajstić information content (AvgIpc) is 2.88. The van der Waals surface area contributed by atoms with E-state index < -0.39 is 0 Å². The molecular formula is C11H18N4O. The second-order valence-corrected chi connectivity index (χ2v) is 4.26. The summed E-state index contributed by atoms with van der Waals surface area (Å²) in [5.41, 5.74) is 0. The summed E-state index contributed by atoms with van der Waals surface area (Å²) in [5, 5.41) is 3.34. The number of nitrogens with one attached hydrogen (secondary N) is 2. The van der Waals surface area contributed by atoms with E-state index in [1.165, 1.54) is 0 Å². The van der Waals surface area contributed by atoms with Crippen LogP contribution in [0.2, 0.25) is 0 Å². The quantitative estimate of drug-likeness (QED) is 0.763. The number of hydrogen-bond donors (Lipinski definition) is 2. The molecule has 1 saturated heterocycles. The second-order valence-electron chi connectivity index (χ2n) is 4.26. The number of nitrogens with zero attached hydrogens (tertiary/aromatic N) is 2. The first-order valence-electron chi connectivity index (χ1n) is 5.75. The van der Waals surface area contributed by atoms with E-state index in [0.717, 1.165) is 31.9 Å². The Morgan fingerprint density at radius 2 is 2.56 bits per heavy atom. The van der Waals surface area contributed by atoms with Crippen molar-refractivity contribution in [1.82, 2.24) is 20.2 Å². The van der Waals surface area contributed by atoms with Crippen LogP contribution in [0.1, 0.15) is 25.6 Å². The number of aromatic amines is 1. The van der Waals surface area contributed by atoms with Gasteiger partial charge in [0.05, 0.1) is 6.54 Å². The Kier molecular flexibility index (Phi) is 3.56. The van der Waals surface area contributed by atoms with Crippen LogP contribution >= 0.6 is 0 Å². The molecule has 5 nitrogen and oxygen atoms in total. The molecule has 88 valence electrons. The molecule has 2 heterocycles. The summed E-state index contributed by atoms with van der Waals surface area (Å²) < 4.78 is 0. The predicted molar refractivity (Wildman–Crippen MR) is 60.7 cm³/mol. The Bertz CT molecular complexity index is 336. The molecule has 0 aromatic carbocycles. The molecule has 2 N–H and O–H groups in total. The highest BCUT2D eigenvalue weighted by Gasteiger charge is 2.21. The molecular weight excluding hydrogens is 204 g/mol. The summed E-state index contributed by atoms with van der Waals surface area (Å²) in [7, 11) is 0. The second kappa shape index (κ2) is 5.12. The van der Waals surface area contributed by atoms with Gasteiger partial charge in [0, 0.05) is 37.9 Å². The van der Waals surface area contributed by atoms with Crippen molar-refractivity contribution >= 4 is 5.91 Å². The van der Waals surface area contributed by atoms with E-state index in [0.29, 0.717) is 12.5 Å². The van der Waals surface area contributed by atoms with Crippen LogP contribution in [0.5, 0.6) is 0 Å². The highest BCUT2D eigenvalue weighted by Crippen LogP contribution is 2.09. The van der Waals surface area contributed by atoms with Crippen LogP contribution in [0, 0.1) is 0 Å². The highest BCUT2D eigenvalue weighted by atomic mass is 16.2. The Morgan fingerprint density at radius 3 is 3.19 bits per heavy atom. The van der Waals surface area contributed by atoms with Crippen molar-refractivity contribution < 1.29 is 4.79 Å². The molecule has 1 unspecified atom stereocenters. The van der Waals surface area contributed by atoms with Crippen molar-refractivity contribution in [3.05, 3.63) is 18.2 Å². The fourth-order valence-electron chi connectivity index (χ4n) is 1.96. The van der Waals surface area contributed by atoms with Crippen LogP contribution in [0.3, 0.4) is 0 Å². The van der Waals surface area contributed by atoms with Gasteiger partial charge < -0.3 is 15.2 Å². The van der Waals surface area contributed by atoms with E-state index in [-0.39, 0.29) is 5.91 Å². The summed E-state index contributed by atoms with van der Waals surface area (Å²) in [4.78, 5) is 20.5. The van der Waals surface area contributed by atoms with Gasteiger partial charge in [-0.2, -0.15) is 0 Å². The molecule has 0 saturated carbocycles. The lowest BCUT2D eigenvalue weighted by atomic mass is 10.3. The van der Waals surface area contributed by atoms with E-state index in [4.69, 9.17) is 0 Å². The molecule has 1 aliphatic heterocycles. The van der Waals surface area contributed by atoms with Crippen molar-refractivity contribution in [2.24, 2.45) is 0 Å². The van der Waals surface area contributed by atoms with Gasteiger partial charge in [0.15, 0.2) is 0 Å². The van der Waals surface area contributed by atoms with Crippen LogP contribution in [0.4, 0.5) is 0 Å². The van der Waals surface area contributed by atoms with Crippen LogP contribution in [0.25, 0.3) is 0 Å². The first kappa shape index (κ1) is 11.1. The van der Waals surface area contributed by atoms with E-state index in [9.17, 15) is 4.79 Å². The topological polar surface area (TPSA) is 61.0 Å². The Hall–Kier alpha value is -1.36.